The molecule has 4 rings (SSSR count). The maximum absolute atomic E-state index is 12.4. The molecule has 4 aromatic rings. The van der Waals surface area contributed by atoms with Gasteiger partial charge in [-0.05, 0) is 54.8 Å². The van der Waals surface area contributed by atoms with Crippen LogP contribution in [-0.4, -0.2) is 16.9 Å². The van der Waals surface area contributed by atoms with Crippen molar-refractivity contribution in [2.24, 2.45) is 0 Å². The van der Waals surface area contributed by atoms with Gasteiger partial charge < -0.3 is 20.4 Å². The summed E-state index contributed by atoms with van der Waals surface area (Å²) in [7, 11) is 0. The Labute approximate surface area is 183 Å². The van der Waals surface area contributed by atoms with Crippen LogP contribution in [0.3, 0.4) is 0 Å². The van der Waals surface area contributed by atoms with Crippen LogP contribution in [0.25, 0.3) is 10.8 Å². The van der Waals surface area contributed by atoms with E-state index in [0.717, 1.165) is 4.88 Å². The standard InChI is InChI=1S/C23H20N4O3S/c1-15-19(27-22(30-15)20-8-5-13-31-20)14-21(28)24-17-9-11-18(12-10-17)26-23(29)25-16-6-3-2-4-7-16/h2-13H,14H2,1H3,(H,24,28)(H2,25,26,29). The molecule has 0 spiro atoms. The number of carbonyl (C=O) groups excluding carboxylic acids is 2. The van der Waals surface area contributed by atoms with E-state index in [2.05, 4.69) is 20.9 Å². The normalized spacial score (nSPS) is 10.5. The third-order valence-electron chi connectivity index (χ3n) is 4.41. The van der Waals surface area contributed by atoms with Crippen molar-refractivity contribution in [3.63, 3.8) is 0 Å². The van der Waals surface area contributed by atoms with E-state index in [1.807, 2.05) is 35.7 Å². The molecular formula is C23H20N4O3S. The molecule has 3 amide bonds. The maximum Gasteiger partial charge on any atom is 0.323 e. The fourth-order valence-corrected chi connectivity index (χ4v) is 3.56. The van der Waals surface area contributed by atoms with Gasteiger partial charge in [-0.3, -0.25) is 4.79 Å². The predicted molar refractivity (Wildman–Crippen MR) is 122 cm³/mol. The molecule has 0 radical (unpaired) electrons. The Hall–Kier alpha value is -3.91. The van der Waals surface area contributed by atoms with E-state index in [0.29, 0.717) is 34.4 Å². The molecule has 0 aliphatic heterocycles. The van der Waals surface area contributed by atoms with Crippen LogP contribution in [0.5, 0.6) is 0 Å². The summed E-state index contributed by atoms with van der Waals surface area (Å²) in [6.45, 7) is 1.80. The van der Waals surface area contributed by atoms with E-state index < -0.39 is 0 Å². The van der Waals surface area contributed by atoms with Gasteiger partial charge in [0.1, 0.15) is 5.76 Å². The molecule has 2 heterocycles. The average molecular weight is 433 g/mol. The Morgan fingerprint density at radius 2 is 1.52 bits per heavy atom. The third-order valence-corrected chi connectivity index (χ3v) is 5.27. The Balaban J connectivity index is 1.31. The number of para-hydroxylation sites is 1. The van der Waals surface area contributed by atoms with Gasteiger partial charge in [-0.15, -0.1) is 11.3 Å². The number of oxazole rings is 1. The van der Waals surface area contributed by atoms with Gasteiger partial charge in [0.05, 0.1) is 17.0 Å². The van der Waals surface area contributed by atoms with Crippen molar-refractivity contribution < 1.29 is 14.0 Å². The van der Waals surface area contributed by atoms with Crippen molar-refractivity contribution in [1.82, 2.24) is 4.98 Å². The molecule has 2 aromatic heterocycles. The molecule has 31 heavy (non-hydrogen) atoms. The van der Waals surface area contributed by atoms with E-state index in [-0.39, 0.29) is 18.4 Å². The minimum Gasteiger partial charge on any atom is -0.440 e. The molecule has 0 aliphatic rings. The summed E-state index contributed by atoms with van der Waals surface area (Å²) in [6, 6.07) is 19.6. The lowest BCUT2D eigenvalue weighted by Gasteiger charge is -2.09. The van der Waals surface area contributed by atoms with Crippen LogP contribution in [0.1, 0.15) is 11.5 Å². The predicted octanol–water partition coefficient (Wildman–Crippen LogP) is 5.54. The summed E-state index contributed by atoms with van der Waals surface area (Å²) in [6.07, 6.45) is 0.111. The lowest BCUT2D eigenvalue weighted by molar-refractivity contribution is -0.115. The number of nitrogens with zero attached hydrogens (tertiary/aromatic N) is 1. The topological polar surface area (TPSA) is 96.3 Å². The zero-order valence-electron chi connectivity index (χ0n) is 16.7. The second kappa shape index (κ2) is 9.27. The Morgan fingerprint density at radius 1 is 0.871 bits per heavy atom. The highest BCUT2D eigenvalue weighted by Crippen LogP contribution is 2.26. The van der Waals surface area contributed by atoms with Crippen LogP contribution < -0.4 is 16.0 Å². The zero-order valence-corrected chi connectivity index (χ0v) is 17.5. The van der Waals surface area contributed by atoms with E-state index in [1.165, 1.54) is 11.3 Å². The van der Waals surface area contributed by atoms with Gasteiger partial charge in [0.15, 0.2) is 0 Å². The molecule has 3 N–H and O–H groups in total. The van der Waals surface area contributed by atoms with E-state index in [9.17, 15) is 9.59 Å². The molecule has 0 saturated carbocycles. The van der Waals surface area contributed by atoms with Crippen molar-refractivity contribution in [2.45, 2.75) is 13.3 Å². The summed E-state index contributed by atoms with van der Waals surface area (Å²) in [4.78, 5) is 29.9. The Kier molecular flexibility index (Phi) is 6.09. The highest BCUT2D eigenvalue weighted by Gasteiger charge is 2.15. The molecule has 7 nitrogen and oxygen atoms in total. The molecule has 0 aliphatic carbocycles. The molecular weight excluding hydrogens is 412 g/mol. The lowest BCUT2D eigenvalue weighted by Crippen LogP contribution is -2.19. The number of aromatic nitrogens is 1. The molecule has 0 bridgehead atoms. The van der Waals surface area contributed by atoms with Crippen LogP contribution in [0.4, 0.5) is 21.9 Å². The van der Waals surface area contributed by atoms with Crippen LogP contribution in [-0.2, 0) is 11.2 Å². The molecule has 0 fully saturated rings. The van der Waals surface area contributed by atoms with Crippen molar-refractivity contribution in [1.29, 1.82) is 0 Å². The van der Waals surface area contributed by atoms with Gasteiger partial charge in [0.25, 0.3) is 0 Å². The van der Waals surface area contributed by atoms with Crippen LogP contribution in [0.2, 0.25) is 0 Å². The van der Waals surface area contributed by atoms with Crippen molar-refractivity contribution in [3.8, 4) is 10.8 Å². The monoisotopic (exact) mass is 432 g/mol. The summed E-state index contributed by atoms with van der Waals surface area (Å²) in [5, 5.41) is 10.3. The molecule has 2 aromatic carbocycles. The Bertz CT molecular complexity index is 1170. The second-order valence-corrected chi connectivity index (χ2v) is 7.69. The molecule has 156 valence electrons. The van der Waals surface area contributed by atoms with Crippen molar-refractivity contribution in [2.75, 3.05) is 16.0 Å². The molecule has 0 saturated heterocycles. The summed E-state index contributed by atoms with van der Waals surface area (Å²) < 4.78 is 5.68. The first-order chi connectivity index (χ1) is 15.1. The van der Waals surface area contributed by atoms with E-state index in [1.54, 1.807) is 43.3 Å². The van der Waals surface area contributed by atoms with Gasteiger partial charge in [0.2, 0.25) is 11.8 Å². The number of urea groups is 1. The van der Waals surface area contributed by atoms with Gasteiger partial charge >= 0.3 is 6.03 Å². The Morgan fingerprint density at radius 3 is 2.16 bits per heavy atom. The maximum atomic E-state index is 12.4. The zero-order chi connectivity index (χ0) is 21.6. The number of hydrogen-bond acceptors (Lipinski definition) is 5. The second-order valence-electron chi connectivity index (χ2n) is 6.75. The van der Waals surface area contributed by atoms with Gasteiger partial charge in [-0.25, -0.2) is 9.78 Å². The van der Waals surface area contributed by atoms with Gasteiger partial charge in [-0.2, -0.15) is 0 Å². The SMILES string of the molecule is Cc1oc(-c2cccs2)nc1CC(=O)Nc1ccc(NC(=O)Nc2ccccc2)cc1. The minimum absolute atomic E-state index is 0.111. The number of thiophene rings is 1. The first-order valence-corrected chi connectivity index (χ1v) is 10.5. The van der Waals surface area contributed by atoms with E-state index in [4.69, 9.17) is 4.42 Å². The largest absolute Gasteiger partial charge is 0.440 e. The molecule has 0 unspecified atom stereocenters. The van der Waals surface area contributed by atoms with Gasteiger partial charge in [0, 0.05) is 17.1 Å². The minimum atomic E-state index is -0.342. The fraction of sp³-hybridized carbons (Fsp3) is 0.0870. The highest BCUT2D eigenvalue weighted by atomic mass is 32.1. The van der Waals surface area contributed by atoms with Crippen LogP contribution >= 0.6 is 11.3 Å². The lowest BCUT2D eigenvalue weighted by atomic mass is 10.2. The quantitative estimate of drug-likeness (QED) is 0.373. The number of rotatable bonds is 6. The number of benzene rings is 2. The first-order valence-electron chi connectivity index (χ1n) is 9.60. The first kappa shape index (κ1) is 20.4. The molecule has 8 heteroatoms. The average Bonchev–Trinajstić information content (AvgIpc) is 3.40. The third kappa shape index (κ3) is 5.37. The summed E-state index contributed by atoms with van der Waals surface area (Å²) >= 11 is 1.53. The number of nitrogens with one attached hydrogen (secondary N) is 3. The number of amides is 3. The van der Waals surface area contributed by atoms with Crippen molar-refractivity contribution in [3.05, 3.63) is 83.6 Å². The van der Waals surface area contributed by atoms with Crippen LogP contribution in [0.15, 0.2) is 76.5 Å². The highest BCUT2D eigenvalue weighted by molar-refractivity contribution is 7.13. The number of carbonyl (C=O) groups is 2. The summed E-state index contributed by atoms with van der Waals surface area (Å²) in [5.74, 6) is 0.957. The smallest absolute Gasteiger partial charge is 0.323 e. The fourth-order valence-electron chi connectivity index (χ4n) is 2.91. The summed E-state index contributed by atoms with van der Waals surface area (Å²) in [5.41, 5.74) is 2.55. The van der Waals surface area contributed by atoms with E-state index >= 15 is 0 Å². The van der Waals surface area contributed by atoms with Crippen molar-refractivity contribution >= 4 is 40.3 Å². The molecule has 0 atom stereocenters. The number of hydrogen-bond donors (Lipinski definition) is 3. The number of aryl methyl sites for hydroxylation is 1. The number of anilines is 3. The van der Waals surface area contributed by atoms with Crippen LogP contribution in [0, 0.1) is 6.92 Å². The van der Waals surface area contributed by atoms with Gasteiger partial charge in [-0.1, -0.05) is 24.3 Å².